The standard InChI is InChI=1S/C19H34N6O2.HI/c1-5-21-19(25-11-8-15(9-12-25)13-16(26)20-4)22-10-6-7-17-23-18(14(2)3)24-27-17;/h14-15H,5-13H2,1-4H3,(H,20,26)(H,21,22);1H. The van der Waals surface area contributed by atoms with Crippen LogP contribution in [-0.2, 0) is 11.2 Å². The van der Waals surface area contributed by atoms with Gasteiger partial charge in [-0.05, 0) is 32.1 Å². The van der Waals surface area contributed by atoms with Crippen molar-refractivity contribution in [1.82, 2.24) is 25.7 Å². The minimum Gasteiger partial charge on any atom is -0.359 e. The van der Waals surface area contributed by atoms with Gasteiger partial charge in [0.1, 0.15) is 0 Å². The van der Waals surface area contributed by atoms with E-state index in [4.69, 9.17) is 9.52 Å². The highest BCUT2D eigenvalue weighted by Crippen LogP contribution is 2.20. The molecule has 0 bridgehead atoms. The summed E-state index contributed by atoms with van der Waals surface area (Å²) in [5, 5.41) is 10.1. The molecule has 0 radical (unpaired) electrons. The second-order valence-corrected chi connectivity index (χ2v) is 7.35. The Morgan fingerprint density at radius 1 is 1.36 bits per heavy atom. The number of amides is 1. The molecule has 2 rings (SSSR count). The van der Waals surface area contributed by atoms with Crippen LogP contribution in [0, 0.1) is 5.92 Å². The summed E-state index contributed by atoms with van der Waals surface area (Å²) >= 11 is 0. The lowest BCUT2D eigenvalue weighted by molar-refractivity contribution is -0.121. The minimum absolute atomic E-state index is 0. The maximum absolute atomic E-state index is 11.5. The van der Waals surface area contributed by atoms with E-state index in [0.717, 1.165) is 63.6 Å². The number of piperidine rings is 1. The summed E-state index contributed by atoms with van der Waals surface area (Å²) in [6, 6.07) is 0. The van der Waals surface area contributed by atoms with E-state index < -0.39 is 0 Å². The number of nitrogens with one attached hydrogen (secondary N) is 2. The Labute approximate surface area is 185 Å². The number of carbonyl (C=O) groups is 1. The van der Waals surface area contributed by atoms with Crippen molar-refractivity contribution in [2.45, 2.75) is 58.8 Å². The smallest absolute Gasteiger partial charge is 0.226 e. The highest BCUT2D eigenvalue weighted by Gasteiger charge is 2.23. The fraction of sp³-hybridized carbons (Fsp3) is 0.789. The molecule has 1 aromatic rings. The van der Waals surface area contributed by atoms with Gasteiger partial charge in [-0.3, -0.25) is 9.79 Å². The third kappa shape index (κ3) is 7.92. The van der Waals surface area contributed by atoms with E-state index >= 15 is 0 Å². The summed E-state index contributed by atoms with van der Waals surface area (Å²) in [5.74, 6) is 3.30. The van der Waals surface area contributed by atoms with Gasteiger partial charge < -0.3 is 20.1 Å². The monoisotopic (exact) mass is 506 g/mol. The first kappa shape index (κ1) is 24.6. The Kier molecular flexibility index (Phi) is 11.4. The van der Waals surface area contributed by atoms with E-state index in [9.17, 15) is 4.79 Å². The summed E-state index contributed by atoms with van der Waals surface area (Å²) < 4.78 is 5.28. The van der Waals surface area contributed by atoms with Crippen LogP contribution >= 0.6 is 24.0 Å². The van der Waals surface area contributed by atoms with Gasteiger partial charge in [0, 0.05) is 52.0 Å². The molecule has 0 aromatic carbocycles. The van der Waals surface area contributed by atoms with Gasteiger partial charge in [-0.2, -0.15) is 4.98 Å². The summed E-state index contributed by atoms with van der Waals surface area (Å²) in [6.07, 6.45) is 4.30. The van der Waals surface area contributed by atoms with Crippen molar-refractivity contribution >= 4 is 35.8 Å². The Morgan fingerprint density at radius 3 is 2.64 bits per heavy atom. The van der Waals surface area contributed by atoms with Crippen molar-refractivity contribution < 1.29 is 9.32 Å². The van der Waals surface area contributed by atoms with Crippen molar-refractivity contribution in [3.63, 3.8) is 0 Å². The Hall–Kier alpha value is -1.39. The van der Waals surface area contributed by atoms with Crippen LogP contribution in [0.25, 0.3) is 0 Å². The number of nitrogens with zero attached hydrogens (tertiary/aromatic N) is 4. The zero-order valence-electron chi connectivity index (χ0n) is 17.5. The fourth-order valence-corrected chi connectivity index (χ4v) is 3.16. The molecule has 0 atom stereocenters. The van der Waals surface area contributed by atoms with Gasteiger partial charge >= 0.3 is 0 Å². The van der Waals surface area contributed by atoms with Gasteiger partial charge in [-0.25, -0.2) is 0 Å². The van der Waals surface area contributed by atoms with Crippen LogP contribution in [-0.4, -0.2) is 60.1 Å². The zero-order chi connectivity index (χ0) is 19.6. The van der Waals surface area contributed by atoms with E-state index in [1.165, 1.54) is 0 Å². The molecular weight excluding hydrogens is 471 g/mol. The number of aliphatic imine (C=N–C) groups is 1. The van der Waals surface area contributed by atoms with Gasteiger partial charge in [0.2, 0.25) is 11.8 Å². The van der Waals surface area contributed by atoms with Crippen molar-refractivity contribution in [1.29, 1.82) is 0 Å². The second-order valence-electron chi connectivity index (χ2n) is 7.35. The molecule has 2 heterocycles. The molecule has 2 N–H and O–H groups in total. The molecule has 1 saturated heterocycles. The predicted octanol–water partition coefficient (Wildman–Crippen LogP) is 2.56. The molecule has 1 aliphatic rings. The molecule has 9 heteroatoms. The lowest BCUT2D eigenvalue weighted by Crippen LogP contribution is -2.46. The first-order valence-corrected chi connectivity index (χ1v) is 10.1. The van der Waals surface area contributed by atoms with Crippen LogP contribution in [0.1, 0.15) is 64.1 Å². The Balaban J connectivity index is 0.00000392. The fourth-order valence-electron chi connectivity index (χ4n) is 3.16. The molecule has 0 unspecified atom stereocenters. The van der Waals surface area contributed by atoms with Crippen molar-refractivity contribution in [3.8, 4) is 0 Å². The maximum Gasteiger partial charge on any atom is 0.226 e. The molecule has 28 heavy (non-hydrogen) atoms. The molecule has 1 aliphatic heterocycles. The van der Waals surface area contributed by atoms with Crippen LogP contribution < -0.4 is 10.6 Å². The molecule has 8 nitrogen and oxygen atoms in total. The van der Waals surface area contributed by atoms with E-state index in [0.29, 0.717) is 18.2 Å². The number of guanidine groups is 1. The van der Waals surface area contributed by atoms with E-state index in [2.05, 4.69) is 46.4 Å². The minimum atomic E-state index is 0. The average molecular weight is 506 g/mol. The predicted molar refractivity (Wildman–Crippen MR) is 121 cm³/mol. The highest BCUT2D eigenvalue weighted by molar-refractivity contribution is 14.0. The van der Waals surface area contributed by atoms with Gasteiger partial charge in [0.15, 0.2) is 11.8 Å². The molecule has 1 aromatic heterocycles. The molecule has 0 aliphatic carbocycles. The number of hydrogen-bond donors (Lipinski definition) is 2. The normalized spacial score (nSPS) is 15.5. The van der Waals surface area contributed by atoms with Crippen LogP contribution in [0.5, 0.6) is 0 Å². The summed E-state index contributed by atoms with van der Waals surface area (Å²) in [6.45, 7) is 9.64. The quantitative estimate of drug-likeness (QED) is 0.244. The van der Waals surface area contributed by atoms with Gasteiger partial charge in [0.05, 0.1) is 0 Å². The van der Waals surface area contributed by atoms with Gasteiger partial charge in [-0.15, -0.1) is 24.0 Å². The first-order chi connectivity index (χ1) is 13.0. The number of rotatable bonds is 8. The molecule has 1 fully saturated rings. The van der Waals surface area contributed by atoms with Crippen LogP contribution in [0.2, 0.25) is 0 Å². The lowest BCUT2D eigenvalue weighted by Gasteiger charge is -2.34. The van der Waals surface area contributed by atoms with E-state index in [1.54, 1.807) is 7.05 Å². The SMILES string of the molecule is CCNC(=NCCCc1nc(C(C)C)no1)N1CCC(CC(=O)NC)CC1.I. The topological polar surface area (TPSA) is 95.7 Å². The van der Waals surface area contributed by atoms with Crippen molar-refractivity contribution in [2.24, 2.45) is 10.9 Å². The van der Waals surface area contributed by atoms with Crippen LogP contribution in [0.4, 0.5) is 0 Å². The number of carbonyl (C=O) groups excluding carboxylic acids is 1. The van der Waals surface area contributed by atoms with Crippen molar-refractivity contribution in [3.05, 3.63) is 11.7 Å². The number of aryl methyl sites for hydroxylation is 1. The number of aromatic nitrogens is 2. The largest absolute Gasteiger partial charge is 0.359 e. The highest BCUT2D eigenvalue weighted by atomic mass is 127. The lowest BCUT2D eigenvalue weighted by atomic mass is 9.93. The molecule has 160 valence electrons. The van der Waals surface area contributed by atoms with Crippen LogP contribution in [0.3, 0.4) is 0 Å². The third-order valence-electron chi connectivity index (χ3n) is 4.81. The summed E-state index contributed by atoms with van der Waals surface area (Å²) in [5.41, 5.74) is 0. The number of hydrogen-bond acceptors (Lipinski definition) is 5. The number of likely N-dealkylation sites (tertiary alicyclic amines) is 1. The summed E-state index contributed by atoms with van der Waals surface area (Å²) in [4.78, 5) is 23.0. The second kappa shape index (κ2) is 12.9. The first-order valence-electron chi connectivity index (χ1n) is 10.1. The van der Waals surface area contributed by atoms with Crippen molar-refractivity contribution in [2.75, 3.05) is 33.2 Å². The average Bonchev–Trinajstić information content (AvgIpc) is 3.14. The van der Waals surface area contributed by atoms with E-state index in [1.807, 2.05) is 0 Å². The Morgan fingerprint density at radius 2 is 2.07 bits per heavy atom. The van der Waals surface area contributed by atoms with Gasteiger partial charge in [-0.1, -0.05) is 19.0 Å². The maximum atomic E-state index is 11.5. The van der Waals surface area contributed by atoms with E-state index in [-0.39, 0.29) is 35.8 Å². The summed E-state index contributed by atoms with van der Waals surface area (Å²) in [7, 11) is 1.70. The Bertz CT molecular complexity index is 611. The third-order valence-corrected chi connectivity index (χ3v) is 4.81. The molecule has 0 saturated carbocycles. The zero-order valence-corrected chi connectivity index (χ0v) is 19.9. The van der Waals surface area contributed by atoms with Gasteiger partial charge in [0.25, 0.3) is 0 Å². The molecule has 0 spiro atoms. The molecular formula is C19H35IN6O2. The molecule has 1 amide bonds. The van der Waals surface area contributed by atoms with Crippen LogP contribution in [0.15, 0.2) is 9.52 Å². The number of halogens is 1.